The largest absolute Gasteiger partial charge is 0.507 e. The van der Waals surface area contributed by atoms with E-state index in [-0.39, 0.29) is 5.75 Å². The Morgan fingerprint density at radius 2 is 1.67 bits per heavy atom. The van der Waals surface area contributed by atoms with Crippen LogP contribution in [0, 0.1) is 17.2 Å². The van der Waals surface area contributed by atoms with Crippen molar-refractivity contribution < 1.29 is 5.11 Å². The normalized spacial score (nSPS) is 20.7. The fourth-order valence-corrected chi connectivity index (χ4v) is 4.07. The second-order valence-electron chi connectivity index (χ2n) is 7.52. The van der Waals surface area contributed by atoms with Crippen molar-refractivity contribution >= 4 is 0 Å². The molecule has 1 aromatic carbocycles. The molecule has 0 aliphatic heterocycles. The molecule has 0 saturated heterocycles. The number of hydrogen-bond donors (Lipinski definition) is 1. The standard InChI is InChI=1S/C22H33NO/c1-2-3-4-5-6-7-8-9-18-10-12-19(13-11-18)20-14-15-22(24)21(16-20)17-23/h14-16,18-19,24H,2-13H2,1H3. The molecule has 0 spiro atoms. The highest BCUT2D eigenvalue weighted by Gasteiger charge is 2.22. The summed E-state index contributed by atoms with van der Waals surface area (Å²) in [4.78, 5) is 0. The van der Waals surface area contributed by atoms with Crippen molar-refractivity contribution in [3.63, 3.8) is 0 Å². The van der Waals surface area contributed by atoms with Gasteiger partial charge in [0.05, 0.1) is 5.56 Å². The third-order valence-corrected chi connectivity index (χ3v) is 5.68. The number of rotatable bonds is 9. The zero-order valence-electron chi connectivity index (χ0n) is 15.3. The molecule has 0 unspecified atom stereocenters. The first kappa shape index (κ1) is 18.8. The number of nitrogens with zero attached hydrogens (tertiary/aromatic N) is 1. The third kappa shape index (κ3) is 5.86. The van der Waals surface area contributed by atoms with Crippen molar-refractivity contribution in [2.75, 3.05) is 0 Å². The quantitative estimate of drug-likeness (QED) is 0.514. The van der Waals surface area contributed by atoms with Crippen LogP contribution < -0.4 is 0 Å². The highest BCUT2D eigenvalue weighted by molar-refractivity contribution is 5.45. The van der Waals surface area contributed by atoms with E-state index in [9.17, 15) is 5.11 Å². The zero-order valence-corrected chi connectivity index (χ0v) is 15.3. The lowest BCUT2D eigenvalue weighted by atomic mass is 9.77. The lowest BCUT2D eigenvalue weighted by molar-refractivity contribution is 0.301. The summed E-state index contributed by atoms with van der Waals surface area (Å²) in [5.74, 6) is 1.58. The Bertz CT molecular complexity index is 523. The maximum Gasteiger partial charge on any atom is 0.133 e. The van der Waals surface area contributed by atoms with Crippen molar-refractivity contribution in [2.24, 2.45) is 5.92 Å². The zero-order chi connectivity index (χ0) is 17.2. The fraction of sp³-hybridized carbons (Fsp3) is 0.682. The number of aromatic hydroxyl groups is 1. The number of hydrogen-bond acceptors (Lipinski definition) is 2. The van der Waals surface area contributed by atoms with Gasteiger partial charge in [0.2, 0.25) is 0 Å². The second-order valence-corrected chi connectivity index (χ2v) is 7.52. The summed E-state index contributed by atoms with van der Waals surface area (Å²) < 4.78 is 0. The lowest BCUT2D eigenvalue weighted by Crippen LogP contribution is -2.13. The van der Waals surface area contributed by atoms with Gasteiger partial charge in [-0.3, -0.25) is 0 Å². The molecule has 1 fully saturated rings. The van der Waals surface area contributed by atoms with Crippen LogP contribution in [0.2, 0.25) is 0 Å². The monoisotopic (exact) mass is 327 g/mol. The van der Waals surface area contributed by atoms with Crippen LogP contribution in [-0.2, 0) is 0 Å². The van der Waals surface area contributed by atoms with Crippen LogP contribution in [0.4, 0.5) is 0 Å². The van der Waals surface area contributed by atoms with Gasteiger partial charge in [-0.25, -0.2) is 0 Å². The molecule has 2 nitrogen and oxygen atoms in total. The van der Waals surface area contributed by atoms with Crippen molar-refractivity contribution in [2.45, 2.75) is 89.9 Å². The maximum absolute atomic E-state index is 9.64. The molecule has 0 bridgehead atoms. The van der Waals surface area contributed by atoms with Crippen LogP contribution in [0.1, 0.15) is 101 Å². The van der Waals surface area contributed by atoms with E-state index < -0.39 is 0 Å². The minimum absolute atomic E-state index is 0.105. The second kappa shape index (κ2) is 10.4. The summed E-state index contributed by atoms with van der Waals surface area (Å²) in [7, 11) is 0. The van der Waals surface area contributed by atoms with Crippen LogP contribution in [0.5, 0.6) is 5.75 Å². The molecule has 0 amide bonds. The van der Waals surface area contributed by atoms with Crippen molar-refractivity contribution in [3.05, 3.63) is 29.3 Å². The van der Waals surface area contributed by atoms with Crippen LogP contribution in [0.3, 0.4) is 0 Å². The van der Waals surface area contributed by atoms with E-state index in [1.54, 1.807) is 6.07 Å². The summed E-state index contributed by atoms with van der Waals surface area (Å²) in [6.45, 7) is 2.27. The van der Waals surface area contributed by atoms with Gasteiger partial charge in [-0.15, -0.1) is 0 Å². The van der Waals surface area contributed by atoms with Crippen molar-refractivity contribution in [1.82, 2.24) is 0 Å². The smallest absolute Gasteiger partial charge is 0.133 e. The third-order valence-electron chi connectivity index (χ3n) is 5.68. The Morgan fingerprint density at radius 1 is 1.00 bits per heavy atom. The average Bonchev–Trinajstić information content (AvgIpc) is 2.62. The molecule has 2 rings (SSSR count). The maximum atomic E-state index is 9.64. The summed E-state index contributed by atoms with van der Waals surface area (Å²) in [5, 5.41) is 18.7. The first-order chi connectivity index (χ1) is 11.7. The Balaban J connectivity index is 1.66. The van der Waals surface area contributed by atoms with Crippen LogP contribution in [0.15, 0.2) is 18.2 Å². The molecule has 132 valence electrons. The summed E-state index contributed by atoms with van der Waals surface area (Å²) in [6, 6.07) is 7.65. The molecule has 0 aromatic heterocycles. The molecular formula is C22H33NO. The summed E-state index contributed by atoms with van der Waals surface area (Å²) in [6.07, 6.45) is 16.3. The van der Waals surface area contributed by atoms with Crippen LogP contribution >= 0.6 is 0 Å². The highest BCUT2D eigenvalue weighted by Crippen LogP contribution is 2.38. The van der Waals surface area contributed by atoms with E-state index in [4.69, 9.17) is 5.26 Å². The molecule has 1 aromatic rings. The van der Waals surface area contributed by atoms with Crippen LogP contribution in [0.25, 0.3) is 0 Å². The molecular weight excluding hydrogens is 294 g/mol. The molecule has 24 heavy (non-hydrogen) atoms. The minimum atomic E-state index is 0.105. The Labute approximate surface area is 147 Å². The van der Waals surface area contributed by atoms with E-state index in [1.165, 1.54) is 82.6 Å². The SMILES string of the molecule is CCCCCCCCCC1CCC(c2ccc(O)c(C#N)c2)CC1. The molecule has 0 radical (unpaired) electrons. The first-order valence-corrected chi connectivity index (χ1v) is 9.97. The van der Waals surface area contributed by atoms with Gasteiger partial charge in [-0.2, -0.15) is 5.26 Å². The van der Waals surface area contributed by atoms with Gasteiger partial charge in [0.25, 0.3) is 0 Å². The number of unbranched alkanes of at least 4 members (excludes halogenated alkanes) is 6. The topological polar surface area (TPSA) is 44.0 Å². The lowest BCUT2D eigenvalue weighted by Gasteiger charge is -2.29. The van der Waals surface area contributed by atoms with Crippen molar-refractivity contribution in [1.29, 1.82) is 5.26 Å². The fourth-order valence-electron chi connectivity index (χ4n) is 4.07. The van der Waals surface area contributed by atoms with Gasteiger partial charge < -0.3 is 5.11 Å². The van der Waals surface area contributed by atoms with Gasteiger partial charge in [0.15, 0.2) is 0 Å². The van der Waals surface area contributed by atoms with Gasteiger partial charge >= 0.3 is 0 Å². The van der Waals surface area contributed by atoms with Gasteiger partial charge in [0, 0.05) is 0 Å². The first-order valence-electron chi connectivity index (χ1n) is 9.97. The molecule has 1 aliphatic rings. The summed E-state index contributed by atoms with van der Waals surface area (Å²) in [5.41, 5.74) is 1.65. The van der Waals surface area contributed by atoms with E-state index in [1.807, 2.05) is 12.1 Å². The van der Waals surface area contributed by atoms with Crippen molar-refractivity contribution in [3.8, 4) is 11.8 Å². The van der Waals surface area contributed by atoms with Gasteiger partial charge in [-0.05, 0) is 55.2 Å². The Hall–Kier alpha value is -1.49. The average molecular weight is 328 g/mol. The van der Waals surface area contributed by atoms with E-state index in [2.05, 4.69) is 13.0 Å². The van der Waals surface area contributed by atoms with E-state index in [0.29, 0.717) is 11.5 Å². The predicted molar refractivity (Wildman–Crippen MR) is 100 cm³/mol. The number of benzene rings is 1. The predicted octanol–water partition coefficient (Wildman–Crippen LogP) is 6.68. The van der Waals surface area contributed by atoms with Crippen LogP contribution in [-0.4, -0.2) is 5.11 Å². The Morgan fingerprint density at radius 3 is 2.33 bits per heavy atom. The highest BCUT2D eigenvalue weighted by atomic mass is 16.3. The van der Waals surface area contributed by atoms with Gasteiger partial charge in [0.1, 0.15) is 11.8 Å². The Kier molecular flexibility index (Phi) is 8.16. The molecule has 2 heteroatoms. The number of nitriles is 1. The molecule has 1 N–H and O–H groups in total. The molecule has 1 saturated carbocycles. The minimum Gasteiger partial charge on any atom is -0.507 e. The van der Waals surface area contributed by atoms with E-state index >= 15 is 0 Å². The molecule has 0 heterocycles. The van der Waals surface area contributed by atoms with E-state index in [0.717, 1.165) is 5.92 Å². The molecule has 0 atom stereocenters. The molecule has 1 aliphatic carbocycles. The van der Waals surface area contributed by atoms with Gasteiger partial charge in [-0.1, -0.05) is 64.4 Å². The number of phenols is 1. The summed E-state index contributed by atoms with van der Waals surface area (Å²) >= 11 is 0. The number of phenolic OH excluding ortho intramolecular Hbond substituents is 1.